The first-order valence-corrected chi connectivity index (χ1v) is 11.8. The van der Waals surface area contributed by atoms with Crippen LogP contribution in [-0.4, -0.2) is 17.6 Å². The number of hydrogen-bond acceptors (Lipinski definition) is 3. The van der Waals surface area contributed by atoms with E-state index in [-0.39, 0.29) is 17.6 Å². The van der Waals surface area contributed by atoms with Gasteiger partial charge >= 0.3 is 0 Å². The molecule has 2 amide bonds. The number of anilines is 2. The van der Waals surface area contributed by atoms with Gasteiger partial charge < -0.3 is 4.79 Å². The summed E-state index contributed by atoms with van der Waals surface area (Å²) in [5.74, 6) is -0.610. The van der Waals surface area contributed by atoms with Crippen molar-refractivity contribution in [2.24, 2.45) is 5.92 Å². The van der Waals surface area contributed by atoms with E-state index in [2.05, 4.69) is 6.92 Å². The van der Waals surface area contributed by atoms with Crippen molar-refractivity contribution in [2.45, 2.75) is 46.0 Å². The molecule has 0 unspecified atom stereocenters. The lowest BCUT2D eigenvalue weighted by Crippen LogP contribution is -2.41. The topological polar surface area (TPSA) is 57.7 Å². The molecular formula is C29H32N2O3. The third-order valence-corrected chi connectivity index (χ3v) is 5.67. The fraction of sp³-hybridized carbons (Fsp3) is 0.276. The standard InChI is InChI=1S/C19H20N2O2.C10H12O/c1-2-3-14-17-18(22)20(15-10-6-4-7-11-15)21(19(17)23)16-12-8-5-9-13-16;1-9(11)7-8-10-5-3-2-4-6-10/h4-13,17H,2-3,14H2,1H3;2-6H,7-8H2,1H3. The lowest BCUT2D eigenvalue weighted by molar-refractivity contribution is -0.127. The van der Waals surface area contributed by atoms with Gasteiger partial charge in [0, 0.05) is 6.42 Å². The predicted octanol–water partition coefficient (Wildman–Crippen LogP) is 6.00. The highest BCUT2D eigenvalue weighted by molar-refractivity contribution is 6.22. The van der Waals surface area contributed by atoms with Crippen molar-refractivity contribution in [3.63, 3.8) is 0 Å². The Morgan fingerprint density at radius 1 is 0.735 bits per heavy atom. The summed E-state index contributed by atoms with van der Waals surface area (Å²) in [6, 6.07) is 28.7. The number of unbranched alkanes of at least 4 members (excludes halogenated alkanes) is 1. The van der Waals surface area contributed by atoms with Gasteiger partial charge in [-0.3, -0.25) is 9.59 Å². The van der Waals surface area contributed by atoms with Gasteiger partial charge in [-0.05, 0) is 49.6 Å². The number of nitrogens with zero attached hydrogens (tertiary/aromatic N) is 2. The average molecular weight is 457 g/mol. The molecule has 3 aromatic carbocycles. The highest BCUT2D eigenvalue weighted by Crippen LogP contribution is 2.33. The normalized spacial score (nSPS) is 13.6. The quantitative estimate of drug-likeness (QED) is 0.391. The van der Waals surface area contributed by atoms with Gasteiger partial charge in [-0.25, -0.2) is 10.0 Å². The number of para-hydroxylation sites is 2. The Morgan fingerprint density at radius 2 is 1.18 bits per heavy atom. The molecule has 0 bridgehead atoms. The number of carbonyl (C=O) groups is 3. The van der Waals surface area contributed by atoms with E-state index in [9.17, 15) is 14.4 Å². The summed E-state index contributed by atoms with van der Waals surface area (Å²) in [7, 11) is 0. The van der Waals surface area contributed by atoms with Gasteiger partial charge in [0.15, 0.2) is 0 Å². The summed E-state index contributed by atoms with van der Waals surface area (Å²) < 4.78 is 0. The molecule has 5 nitrogen and oxygen atoms in total. The van der Waals surface area contributed by atoms with Crippen molar-refractivity contribution in [3.05, 3.63) is 96.6 Å². The molecule has 0 aliphatic carbocycles. The summed E-state index contributed by atoms with van der Waals surface area (Å²) in [6.07, 6.45) is 3.96. The molecule has 0 radical (unpaired) electrons. The number of amides is 2. The third kappa shape index (κ3) is 6.41. The molecular weight excluding hydrogens is 424 g/mol. The second-order valence-corrected chi connectivity index (χ2v) is 8.35. The number of carbonyl (C=O) groups excluding carboxylic acids is 3. The molecule has 3 aromatic rings. The molecule has 4 rings (SSSR count). The fourth-order valence-corrected chi connectivity index (χ4v) is 3.84. The molecule has 5 heteroatoms. The summed E-state index contributed by atoms with van der Waals surface area (Å²) >= 11 is 0. The van der Waals surface area contributed by atoms with Gasteiger partial charge in [0.05, 0.1) is 11.4 Å². The minimum Gasteiger partial charge on any atom is -0.300 e. The molecule has 0 saturated carbocycles. The minimum absolute atomic E-state index is 0.140. The second-order valence-electron chi connectivity index (χ2n) is 8.35. The molecule has 1 heterocycles. The van der Waals surface area contributed by atoms with E-state index >= 15 is 0 Å². The molecule has 1 aliphatic heterocycles. The lowest BCUT2D eigenvalue weighted by atomic mass is 10.0. The van der Waals surface area contributed by atoms with Crippen LogP contribution in [0.15, 0.2) is 91.0 Å². The Bertz CT molecular complexity index is 1010. The first-order chi connectivity index (χ1) is 16.5. The molecule has 0 N–H and O–H groups in total. The zero-order valence-corrected chi connectivity index (χ0v) is 19.9. The highest BCUT2D eigenvalue weighted by Gasteiger charge is 2.46. The maximum Gasteiger partial charge on any atom is 0.258 e. The van der Waals surface area contributed by atoms with Crippen molar-refractivity contribution in [3.8, 4) is 0 Å². The van der Waals surface area contributed by atoms with Crippen molar-refractivity contribution in [2.75, 3.05) is 10.0 Å². The van der Waals surface area contributed by atoms with Crippen molar-refractivity contribution in [1.29, 1.82) is 0 Å². The van der Waals surface area contributed by atoms with Crippen LogP contribution in [0.5, 0.6) is 0 Å². The van der Waals surface area contributed by atoms with Crippen LogP contribution < -0.4 is 10.0 Å². The number of ketones is 1. The molecule has 1 fully saturated rings. The van der Waals surface area contributed by atoms with E-state index in [0.717, 1.165) is 19.3 Å². The zero-order chi connectivity index (χ0) is 24.3. The van der Waals surface area contributed by atoms with E-state index in [1.807, 2.05) is 91.0 Å². The van der Waals surface area contributed by atoms with Crippen LogP contribution in [0, 0.1) is 5.92 Å². The first kappa shape index (κ1) is 24.9. The molecule has 176 valence electrons. The third-order valence-electron chi connectivity index (χ3n) is 5.67. The number of aryl methyl sites for hydroxylation is 1. The molecule has 0 spiro atoms. The fourth-order valence-electron chi connectivity index (χ4n) is 3.84. The van der Waals surface area contributed by atoms with Gasteiger partial charge in [-0.15, -0.1) is 0 Å². The first-order valence-electron chi connectivity index (χ1n) is 11.8. The Morgan fingerprint density at radius 3 is 1.59 bits per heavy atom. The van der Waals surface area contributed by atoms with E-state index in [1.165, 1.54) is 15.6 Å². The minimum atomic E-state index is -0.588. The van der Waals surface area contributed by atoms with E-state index in [1.54, 1.807) is 6.92 Å². The van der Waals surface area contributed by atoms with Crippen LogP contribution in [0.2, 0.25) is 0 Å². The van der Waals surface area contributed by atoms with Crippen molar-refractivity contribution in [1.82, 2.24) is 0 Å². The van der Waals surface area contributed by atoms with Crippen LogP contribution in [0.1, 0.15) is 45.1 Å². The van der Waals surface area contributed by atoms with Gasteiger partial charge in [-0.2, -0.15) is 0 Å². The summed E-state index contributed by atoms with van der Waals surface area (Å²) in [5.41, 5.74) is 2.67. The molecule has 1 aliphatic rings. The summed E-state index contributed by atoms with van der Waals surface area (Å²) in [6.45, 7) is 3.69. The SMILES string of the molecule is CC(=O)CCc1ccccc1.CCCCC1C(=O)N(c2ccccc2)N(c2ccccc2)C1=O. The number of Topliss-reactive ketones (excluding diaryl/α,β-unsaturated/α-hetero) is 1. The van der Waals surface area contributed by atoms with Gasteiger partial charge in [-0.1, -0.05) is 86.5 Å². The molecule has 34 heavy (non-hydrogen) atoms. The van der Waals surface area contributed by atoms with E-state index in [0.29, 0.717) is 24.2 Å². The lowest BCUT2D eigenvalue weighted by Gasteiger charge is -2.27. The number of rotatable bonds is 8. The Balaban J connectivity index is 0.000000248. The maximum absolute atomic E-state index is 12.9. The number of hydrogen-bond donors (Lipinski definition) is 0. The number of benzene rings is 3. The van der Waals surface area contributed by atoms with Crippen LogP contribution in [0.3, 0.4) is 0 Å². The predicted molar refractivity (Wildman–Crippen MR) is 136 cm³/mol. The zero-order valence-electron chi connectivity index (χ0n) is 19.9. The Labute approximate surface area is 202 Å². The average Bonchev–Trinajstić information content (AvgIpc) is 3.12. The Kier molecular flexibility index (Phi) is 9.15. The maximum atomic E-state index is 12.9. The number of hydrazine groups is 1. The van der Waals surface area contributed by atoms with Crippen LogP contribution in [0.4, 0.5) is 11.4 Å². The molecule has 0 atom stereocenters. The summed E-state index contributed by atoms with van der Waals surface area (Å²) in [4.78, 5) is 36.4. The van der Waals surface area contributed by atoms with Crippen molar-refractivity contribution >= 4 is 29.0 Å². The molecule has 0 aromatic heterocycles. The van der Waals surface area contributed by atoms with Gasteiger partial charge in [0.1, 0.15) is 11.7 Å². The van der Waals surface area contributed by atoms with Gasteiger partial charge in [0.2, 0.25) is 0 Å². The van der Waals surface area contributed by atoms with E-state index < -0.39 is 5.92 Å². The Hall–Kier alpha value is -3.73. The largest absolute Gasteiger partial charge is 0.300 e. The summed E-state index contributed by atoms with van der Waals surface area (Å²) in [5, 5.41) is 3.02. The highest BCUT2D eigenvalue weighted by atomic mass is 16.2. The molecule has 1 saturated heterocycles. The monoisotopic (exact) mass is 456 g/mol. The van der Waals surface area contributed by atoms with Gasteiger partial charge in [0.25, 0.3) is 11.8 Å². The van der Waals surface area contributed by atoms with Crippen LogP contribution >= 0.6 is 0 Å². The van der Waals surface area contributed by atoms with Crippen LogP contribution in [0.25, 0.3) is 0 Å². The second kappa shape index (κ2) is 12.5. The smallest absolute Gasteiger partial charge is 0.258 e. The van der Waals surface area contributed by atoms with Crippen molar-refractivity contribution < 1.29 is 14.4 Å². The van der Waals surface area contributed by atoms with E-state index in [4.69, 9.17) is 0 Å². The van der Waals surface area contributed by atoms with Crippen LogP contribution in [-0.2, 0) is 20.8 Å².